The van der Waals surface area contributed by atoms with Gasteiger partial charge in [-0.1, -0.05) is 12.1 Å². The largest absolute Gasteiger partial charge is 0.496 e. The van der Waals surface area contributed by atoms with Crippen molar-refractivity contribution in [3.8, 4) is 16.9 Å². The minimum atomic E-state index is -2.58. The highest BCUT2D eigenvalue weighted by Gasteiger charge is 2.30. The van der Waals surface area contributed by atoms with Crippen LogP contribution >= 0.6 is 0 Å². The standard InChI is InChI=1S/C24H21FN4O3/c1-28-10-18-16(6-5-14(13-30)23(18)27-28)15-8-20(25)19(22(9-15)32-2)11-29-12-21-17(24(29)31)4-3-7-26-21/h3-10,30H,11-13H2,1-2H3/i13D2. The Morgan fingerprint density at radius 3 is 2.88 bits per heavy atom. The number of amides is 1. The van der Waals surface area contributed by atoms with Crippen LogP contribution in [0.15, 0.2) is 48.8 Å². The highest BCUT2D eigenvalue weighted by atomic mass is 19.1. The van der Waals surface area contributed by atoms with E-state index < -0.39 is 12.4 Å². The van der Waals surface area contributed by atoms with Gasteiger partial charge in [0.25, 0.3) is 5.91 Å². The molecular weight excluding hydrogens is 411 g/mol. The lowest BCUT2D eigenvalue weighted by Gasteiger charge is -2.19. The van der Waals surface area contributed by atoms with Gasteiger partial charge in [0, 0.05) is 36.0 Å². The topological polar surface area (TPSA) is 80.5 Å². The van der Waals surface area contributed by atoms with Gasteiger partial charge in [0.05, 0.1) is 46.3 Å². The number of pyridine rings is 1. The van der Waals surface area contributed by atoms with Gasteiger partial charge in [-0.15, -0.1) is 0 Å². The molecular formula is C24H21FN4O3. The fraction of sp³-hybridized carbons (Fsp3) is 0.208. The van der Waals surface area contributed by atoms with E-state index in [1.165, 1.54) is 28.8 Å². The monoisotopic (exact) mass is 434 g/mol. The molecule has 0 fully saturated rings. The zero-order chi connectivity index (χ0) is 24.2. The Bertz CT molecular complexity index is 1450. The van der Waals surface area contributed by atoms with Gasteiger partial charge in [-0.3, -0.25) is 14.5 Å². The summed E-state index contributed by atoms with van der Waals surface area (Å²) in [5.41, 5.74) is 2.83. The number of rotatable bonds is 5. The molecule has 0 saturated heterocycles. The molecule has 1 aliphatic rings. The lowest BCUT2D eigenvalue weighted by molar-refractivity contribution is 0.0763. The number of halogens is 1. The fourth-order valence-electron chi connectivity index (χ4n) is 4.16. The molecule has 32 heavy (non-hydrogen) atoms. The van der Waals surface area contributed by atoms with Gasteiger partial charge in [0.15, 0.2) is 0 Å². The van der Waals surface area contributed by atoms with E-state index >= 15 is 4.39 Å². The minimum Gasteiger partial charge on any atom is -0.496 e. The first kappa shape index (κ1) is 17.9. The van der Waals surface area contributed by atoms with E-state index in [0.29, 0.717) is 34.3 Å². The van der Waals surface area contributed by atoms with E-state index in [2.05, 4.69) is 10.1 Å². The van der Waals surface area contributed by atoms with E-state index in [-0.39, 0.29) is 34.8 Å². The van der Waals surface area contributed by atoms with Crippen LogP contribution in [0.5, 0.6) is 5.75 Å². The molecule has 2 aromatic heterocycles. The summed E-state index contributed by atoms with van der Waals surface area (Å²) >= 11 is 0. The third-order valence-electron chi connectivity index (χ3n) is 5.69. The SMILES string of the molecule is [2H]C([2H])(O)c1ccc(-c2cc(F)c(CN3Cc4ncccc4C3=O)c(OC)c2)c2cn(C)nc12. The zero-order valence-corrected chi connectivity index (χ0v) is 17.5. The Morgan fingerprint density at radius 1 is 1.28 bits per heavy atom. The first-order valence-electron chi connectivity index (χ1n) is 11.0. The van der Waals surface area contributed by atoms with Crippen molar-refractivity contribution < 1.29 is 21.8 Å². The molecule has 0 spiro atoms. The summed E-state index contributed by atoms with van der Waals surface area (Å²) in [5.74, 6) is -0.463. The lowest BCUT2D eigenvalue weighted by Crippen LogP contribution is -2.24. The summed E-state index contributed by atoms with van der Waals surface area (Å²) in [7, 11) is 3.12. The van der Waals surface area contributed by atoms with Crippen LogP contribution in [0.4, 0.5) is 4.39 Å². The number of fused-ring (bicyclic) bond motifs is 2. The predicted octanol–water partition coefficient (Wildman–Crippen LogP) is 3.43. The molecule has 4 aromatic rings. The average Bonchev–Trinajstić information content (AvgIpc) is 3.33. The smallest absolute Gasteiger partial charge is 0.256 e. The molecule has 1 aliphatic heterocycles. The molecule has 1 amide bonds. The highest BCUT2D eigenvalue weighted by molar-refractivity contribution is 5.98. The van der Waals surface area contributed by atoms with Crippen molar-refractivity contribution in [2.45, 2.75) is 19.6 Å². The number of aliphatic hydroxyl groups is 1. The van der Waals surface area contributed by atoms with Crippen LogP contribution < -0.4 is 4.74 Å². The number of benzene rings is 2. The van der Waals surface area contributed by atoms with Crippen LogP contribution in [0.25, 0.3) is 22.0 Å². The number of aromatic nitrogens is 3. The van der Waals surface area contributed by atoms with Gasteiger partial charge < -0.3 is 14.7 Å². The summed E-state index contributed by atoms with van der Waals surface area (Å²) in [6.07, 6.45) is 3.31. The van der Waals surface area contributed by atoms with Gasteiger partial charge in [-0.25, -0.2) is 4.39 Å². The molecule has 0 saturated carbocycles. The molecule has 1 N–H and O–H groups in total. The predicted molar refractivity (Wildman–Crippen MR) is 116 cm³/mol. The Hall–Kier alpha value is -3.78. The molecule has 162 valence electrons. The van der Waals surface area contributed by atoms with E-state index in [4.69, 9.17) is 7.48 Å². The number of aryl methyl sites for hydroxylation is 1. The van der Waals surface area contributed by atoms with Crippen LogP contribution in [0.1, 0.15) is 29.9 Å². The number of carbonyl (C=O) groups is 1. The lowest BCUT2D eigenvalue weighted by atomic mass is 9.97. The number of nitrogens with zero attached hydrogens (tertiary/aromatic N) is 4. The van der Waals surface area contributed by atoms with Crippen LogP contribution in [0.3, 0.4) is 0 Å². The normalized spacial score (nSPS) is 14.5. The van der Waals surface area contributed by atoms with Gasteiger partial charge in [0.2, 0.25) is 0 Å². The molecule has 3 heterocycles. The third-order valence-corrected chi connectivity index (χ3v) is 5.69. The molecule has 7 nitrogen and oxygen atoms in total. The Morgan fingerprint density at radius 2 is 2.12 bits per heavy atom. The molecule has 0 bridgehead atoms. The van der Waals surface area contributed by atoms with E-state index in [9.17, 15) is 9.90 Å². The third kappa shape index (κ3) is 3.20. The summed E-state index contributed by atoms with van der Waals surface area (Å²) in [6.45, 7) is -2.26. The number of carbonyl (C=O) groups excluding carboxylic acids is 1. The second-order valence-corrected chi connectivity index (χ2v) is 7.64. The van der Waals surface area contributed by atoms with Crippen molar-refractivity contribution in [2.24, 2.45) is 7.05 Å². The number of methoxy groups -OCH3 is 1. The van der Waals surface area contributed by atoms with Gasteiger partial charge >= 0.3 is 0 Å². The second-order valence-electron chi connectivity index (χ2n) is 7.64. The second kappa shape index (κ2) is 7.72. The van der Waals surface area contributed by atoms with Crippen molar-refractivity contribution in [1.82, 2.24) is 19.7 Å². The van der Waals surface area contributed by atoms with E-state index in [0.717, 1.165) is 0 Å². The minimum absolute atomic E-state index is 0.0242. The average molecular weight is 434 g/mol. The van der Waals surface area contributed by atoms with Crippen molar-refractivity contribution in [3.63, 3.8) is 0 Å². The van der Waals surface area contributed by atoms with Gasteiger partial charge in [0.1, 0.15) is 11.6 Å². The molecule has 0 unspecified atom stereocenters. The van der Waals surface area contributed by atoms with Crippen molar-refractivity contribution >= 4 is 16.8 Å². The summed E-state index contributed by atoms with van der Waals surface area (Å²) in [5, 5.41) is 14.8. The van der Waals surface area contributed by atoms with Gasteiger partial charge in [-0.05, 0) is 35.4 Å². The molecule has 2 aromatic carbocycles. The quantitative estimate of drug-likeness (QED) is 0.521. The maximum Gasteiger partial charge on any atom is 0.256 e. The Kier molecular flexibility index (Phi) is 4.31. The number of hydrogen-bond acceptors (Lipinski definition) is 5. The van der Waals surface area contributed by atoms with Crippen LogP contribution in [-0.2, 0) is 26.7 Å². The fourth-order valence-corrected chi connectivity index (χ4v) is 4.16. The van der Waals surface area contributed by atoms with Crippen LogP contribution in [0.2, 0.25) is 0 Å². The Balaban J connectivity index is 1.56. The maximum absolute atomic E-state index is 15.4. The Labute approximate surface area is 186 Å². The van der Waals surface area contributed by atoms with Crippen molar-refractivity contribution in [1.29, 1.82) is 0 Å². The molecule has 0 atom stereocenters. The number of hydrogen-bond donors (Lipinski definition) is 1. The summed E-state index contributed by atoms with van der Waals surface area (Å²) in [6, 6.07) is 9.50. The zero-order valence-electron chi connectivity index (χ0n) is 19.5. The molecule has 0 radical (unpaired) electrons. The highest BCUT2D eigenvalue weighted by Crippen LogP contribution is 2.36. The van der Waals surface area contributed by atoms with E-state index in [1.807, 2.05) is 0 Å². The summed E-state index contributed by atoms with van der Waals surface area (Å²) in [4.78, 5) is 18.5. The van der Waals surface area contributed by atoms with Crippen molar-refractivity contribution in [3.05, 3.63) is 77.0 Å². The first-order chi connectivity index (χ1) is 16.2. The molecule has 5 rings (SSSR count). The molecule has 0 aliphatic carbocycles. The van der Waals surface area contributed by atoms with Crippen LogP contribution in [0, 0.1) is 5.82 Å². The van der Waals surface area contributed by atoms with E-state index in [1.54, 1.807) is 43.7 Å². The number of ether oxygens (including phenoxy) is 1. The van der Waals surface area contributed by atoms with Gasteiger partial charge in [-0.2, -0.15) is 5.10 Å². The maximum atomic E-state index is 15.4. The van der Waals surface area contributed by atoms with Crippen molar-refractivity contribution in [2.75, 3.05) is 7.11 Å². The van der Waals surface area contributed by atoms with Crippen LogP contribution in [-0.4, -0.2) is 37.8 Å². The molecule has 8 heteroatoms. The summed E-state index contributed by atoms with van der Waals surface area (Å²) < 4.78 is 37.8. The first-order valence-corrected chi connectivity index (χ1v) is 9.96.